The van der Waals surface area contributed by atoms with Crippen molar-refractivity contribution in [3.8, 4) is 0 Å². The molecule has 0 spiro atoms. The molecule has 0 saturated carbocycles. The molecule has 0 saturated heterocycles. The van der Waals surface area contributed by atoms with Crippen LogP contribution in [-0.2, 0) is 19.2 Å². The fraction of sp³-hybridized carbons (Fsp3) is 0. The minimum atomic E-state index is -2.07. The molecule has 0 bridgehead atoms. The zero-order chi connectivity index (χ0) is 10.3. The largest absolute Gasteiger partial charge is 0.539 e. The zero-order valence-electron chi connectivity index (χ0n) is 6.79. The van der Waals surface area contributed by atoms with Crippen LogP contribution in [0.2, 0.25) is 0 Å². The molecule has 0 amide bonds. The summed E-state index contributed by atoms with van der Waals surface area (Å²) >= 11 is 0. The van der Waals surface area contributed by atoms with Gasteiger partial charge in [-0.05, 0) is 0 Å². The van der Waals surface area contributed by atoms with Gasteiger partial charge in [0, 0.05) is 29.2 Å². The van der Waals surface area contributed by atoms with E-state index in [-0.39, 0.29) is 40.1 Å². The molecule has 11 heteroatoms. The Morgan fingerprint density at radius 3 is 0.867 bits per heavy atom. The van der Waals surface area contributed by atoms with Gasteiger partial charge in [-0.3, -0.25) is 0 Å². The molecule has 90 valence electrons. The Hall–Kier alpha value is -1.21. The summed E-state index contributed by atoms with van der Waals surface area (Å²) in [6.07, 6.45) is 0. The number of rotatable bonds is 0. The van der Waals surface area contributed by atoms with E-state index in [1.165, 1.54) is 0 Å². The van der Waals surface area contributed by atoms with Gasteiger partial charge >= 0.3 is 17.9 Å². The monoisotopic (exact) mass is 453 g/mol. The molecule has 0 heterocycles. The van der Waals surface area contributed by atoms with Crippen molar-refractivity contribution in [2.75, 3.05) is 0 Å². The van der Waals surface area contributed by atoms with Gasteiger partial charge < -0.3 is 36.2 Å². The molecule has 0 aromatic carbocycles. The van der Waals surface area contributed by atoms with Crippen LogP contribution in [0.4, 0.5) is 0 Å². The number of hydrogen-bond donors (Lipinski definition) is 3. The molecular formula is C4H7O10Pu-. The molecule has 0 atom stereocenters. The molecule has 0 aromatic rings. The Labute approximate surface area is 104 Å². The van der Waals surface area contributed by atoms with E-state index in [1.54, 1.807) is 0 Å². The van der Waals surface area contributed by atoms with Crippen molar-refractivity contribution in [2.24, 2.45) is 0 Å². The molecule has 10 nitrogen and oxygen atoms in total. The molecule has 0 aromatic heterocycles. The smallest absolute Gasteiger partial charge is 0.414 e. The van der Waals surface area contributed by atoms with Crippen molar-refractivity contribution in [3.63, 3.8) is 0 Å². The minimum Gasteiger partial charge on any atom is -0.539 e. The van der Waals surface area contributed by atoms with Gasteiger partial charge in [0.25, 0.3) is 0 Å². The molecule has 0 aliphatic heterocycles. The Balaban J connectivity index is -0.0000000370. The Bertz CT molecular complexity index is 173. The van der Waals surface area contributed by atoms with E-state index in [0.29, 0.717) is 0 Å². The van der Waals surface area contributed by atoms with E-state index in [2.05, 4.69) is 0 Å². The zero-order valence-corrected chi connectivity index (χ0v) is 10.2. The van der Waals surface area contributed by atoms with Gasteiger partial charge in [-0.1, -0.05) is 0 Å². The van der Waals surface area contributed by atoms with Crippen molar-refractivity contribution >= 4 is 23.9 Å². The average molecular weight is 459 g/mol. The van der Waals surface area contributed by atoms with Crippen LogP contribution in [0.15, 0.2) is 0 Å². The molecule has 0 radical (unpaired) electrons. The van der Waals surface area contributed by atoms with Crippen molar-refractivity contribution in [1.29, 1.82) is 0 Å². The number of carboxylic acids is 4. The van der Waals surface area contributed by atoms with Gasteiger partial charge in [0.2, 0.25) is 0 Å². The van der Waals surface area contributed by atoms with Crippen LogP contribution in [0, 0.1) is 29.2 Å². The number of aliphatic carboxylic acids is 4. The standard InChI is InChI=1S/2C2H2O4.2H2O.Pu/c2*3-1(4)2(5)6;;;/h2*(H,3,4)(H,5,6);2*1H2;/p-1. The fourth-order valence-corrected chi connectivity index (χ4v) is 0. The van der Waals surface area contributed by atoms with Crippen LogP contribution >= 0.6 is 0 Å². The third-order valence-electron chi connectivity index (χ3n) is 0.358. The molecule has 0 unspecified atom stereocenters. The number of carbonyl (C=O) groups is 4. The maximum Gasteiger partial charge on any atom is 0.414 e. The van der Waals surface area contributed by atoms with Gasteiger partial charge in [0.05, 0.1) is 0 Å². The van der Waals surface area contributed by atoms with Gasteiger partial charge in [0.1, 0.15) is 0 Å². The quantitative estimate of drug-likeness (QED) is 0.299. The second-order valence-corrected chi connectivity index (χ2v) is 1.20. The van der Waals surface area contributed by atoms with E-state index in [4.69, 9.17) is 39.6 Å². The van der Waals surface area contributed by atoms with Gasteiger partial charge in [-0.25, -0.2) is 14.4 Å². The predicted octanol–water partition coefficient (Wildman–Crippen LogP) is -4.67. The minimum absolute atomic E-state index is 0. The molecule has 0 fully saturated rings. The predicted molar refractivity (Wildman–Crippen MR) is 35.1 cm³/mol. The Morgan fingerprint density at radius 2 is 0.867 bits per heavy atom. The van der Waals surface area contributed by atoms with E-state index < -0.39 is 23.9 Å². The van der Waals surface area contributed by atoms with Crippen molar-refractivity contribution in [2.45, 2.75) is 0 Å². The van der Waals surface area contributed by atoms with Crippen molar-refractivity contribution in [1.82, 2.24) is 0 Å². The van der Waals surface area contributed by atoms with E-state index in [0.717, 1.165) is 0 Å². The van der Waals surface area contributed by atoms with E-state index >= 15 is 0 Å². The first-order valence-corrected chi connectivity index (χ1v) is 2.19. The number of carboxylic acid groups (broad SMARTS) is 4. The van der Waals surface area contributed by atoms with E-state index in [9.17, 15) is 0 Å². The molecular weight excluding hydrogens is 452 g/mol. The summed E-state index contributed by atoms with van der Waals surface area (Å²) in [5.41, 5.74) is 0. The van der Waals surface area contributed by atoms with Crippen LogP contribution in [0.1, 0.15) is 0 Å². The molecule has 0 aliphatic carbocycles. The summed E-state index contributed by atoms with van der Waals surface area (Å²) in [6.45, 7) is 0. The topological polar surface area (TPSA) is 215 Å². The molecule has 0 aliphatic rings. The van der Waals surface area contributed by atoms with Crippen LogP contribution in [0.25, 0.3) is 0 Å². The first-order chi connectivity index (χ1) is 5.29. The van der Waals surface area contributed by atoms with Crippen LogP contribution < -0.4 is 5.11 Å². The summed E-state index contributed by atoms with van der Waals surface area (Å²) in [6, 6.07) is 0. The average Bonchev–Trinajstić information content (AvgIpc) is 1.88. The third kappa shape index (κ3) is 32.3. The van der Waals surface area contributed by atoms with Gasteiger partial charge in [0.15, 0.2) is 5.97 Å². The fourth-order valence-electron chi connectivity index (χ4n) is 0. The van der Waals surface area contributed by atoms with Gasteiger partial charge in [-0.2, -0.15) is 0 Å². The summed E-state index contributed by atoms with van der Waals surface area (Å²) < 4.78 is 0. The maximum atomic E-state index is 9.10. The Morgan fingerprint density at radius 1 is 0.733 bits per heavy atom. The molecule has 0 rings (SSSR count). The second kappa shape index (κ2) is 15.3. The van der Waals surface area contributed by atoms with Crippen molar-refractivity contribution < 1.29 is 79.7 Å². The van der Waals surface area contributed by atoms with Crippen LogP contribution in [0.3, 0.4) is 0 Å². The van der Waals surface area contributed by atoms with Gasteiger partial charge in [-0.15, -0.1) is 0 Å². The Kier molecular flexibility index (Phi) is 29.7. The van der Waals surface area contributed by atoms with Crippen LogP contribution in [0.5, 0.6) is 0 Å². The number of hydrogen-bond acceptors (Lipinski definition) is 5. The maximum absolute atomic E-state index is 9.10. The van der Waals surface area contributed by atoms with Crippen molar-refractivity contribution in [3.05, 3.63) is 0 Å². The number of carbonyl (C=O) groups excluding carboxylic acids is 1. The SMILES string of the molecule is O.O.O=C(O)C(=O)O.O=C([O-])C(=O)O.[Pu]. The summed E-state index contributed by atoms with van der Waals surface area (Å²) in [5, 5.41) is 31.1. The van der Waals surface area contributed by atoms with E-state index in [1.807, 2.05) is 0 Å². The molecule has 7 N–H and O–H groups in total. The van der Waals surface area contributed by atoms with Crippen LogP contribution in [-0.4, -0.2) is 50.1 Å². The second-order valence-electron chi connectivity index (χ2n) is 1.20. The summed E-state index contributed by atoms with van der Waals surface area (Å²) in [5.74, 6) is -7.66. The summed E-state index contributed by atoms with van der Waals surface area (Å²) in [4.78, 5) is 36.2. The first-order valence-electron chi connectivity index (χ1n) is 2.19. The first kappa shape index (κ1) is 29.2. The normalized spacial score (nSPS) is 5.87. The molecule has 15 heavy (non-hydrogen) atoms. The summed E-state index contributed by atoms with van der Waals surface area (Å²) in [7, 11) is 0. The third-order valence-corrected chi connectivity index (χ3v) is 0.358.